The highest BCUT2D eigenvalue weighted by Crippen LogP contribution is 2.24. The van der Waals surface area contributed by atoms with E-state index in [1.165, 1.54) is 21.1 Å². The van der Waals surface area contributed by atoms with Crippen molar-refractivity contribution in [1.82, 2.24) is 10.2 Å². The van der Waals surface area contributed by atoms with Gasteiger partial charge in [-0.3, -0.25) is 9.59 Å². The predicted molar refractivity (Wildman–Crippen MR) is 117 cm³/mol. The van der Waals surface area contributed by atoms with Crippen LogP contribution in [-0.4, -0.2) is 44.4 Å². The van der Waals surface area contributed by atoms with Crippen LogP contribution in [0.2, 0.25) is 0 Å². The zero-order valence-corrected chi connectivity index (χ0v) is 17.7. The molecule has 0 radical (unpaired) electrons. The second-order valence-corrected chi connectivity index (χ2v) is 8.49. The van der Waals surface area contributed by atoms with E-state index in [9.17, 15) is 9.59 Å². The highest BCUT2D eigenvalue weighted by Gasteiger charge is 2.22. The maximum atomic E-state index is 12.9. The second-order valence-electron chi connectivity index (χ2n) is 6.56. The number of hydrogen-bond donors (Lipinski definition) is 1. The van der Waals surface area contributed by atoms with E-state index in [1.807, 2.05) is 49.1 Å². The number of nitrogens with zero attached hydrogens (tertiary/aromatic N) is 2. The van der Waals surface area contributed by atoms with Gasteiger partial charge < -0.3 is 15.1 Å². The molecule has 1 atom stereocenters. The number of para-hydroxylation sites is 1. The summed E-state index contributed by atoms with van der Waals surface area (Å²) in [5.74, 6) is -0.315. The first-order valence-corrected chi connectivity index (χ1v) is 10.6. The fourth-order valence-electron chi connectivity index (χ4n) is 2.94. The first-order valence-electron chi connectivity index (χ1n) is 8.87. The topological polar surface area (TPSA) is 52.7 Å². The Morgan fingerprint density at radius 1 is 0.964 bits per heavy atom. The second kappa shape index (κ2) is 9.14. The van der Waals surface area contributed by atoms with Crippen LogP contribution in [-0.2, 0) is 0 Å². The molecule has 28 heavy (non-hydrogen) atoms. The largest absolute Gasteiger partial charge is 0.350 e. The van der Waals surface area contributed by atoms with Gasteiger partial charge in [-0.15, -0.1) is 22.7 Å². The highest BCUT2D eigenvalue weighted by molar-refractivity contribution is 7.12. The molecular formula is C21H23N3O2S2. The van der Waals surface area contributed by atoms with Crippen molar-refractivity contribution < 1.29 is 9.59 Å². The first kappa shape index (κ1) is 20.3. The molecular weight excluding hydrogens is 390 g/mol. The summed E-state index contributed by atoms with van der Waals surface area (Å²) in [4.78, 5) is 31.1. The fourth-order valence-corrected chi connectivity index (χ4v) is 4.56. The van der Waals surface area contributed by atoms with Gasteiger partial charge in [0.05, 0.1) is 22.2 Å². The standard InChI is InChI=1S/C21H23N3O2S2/c1-23(2)17(18-10-6-12-27-18)14-22-20(25)15-8-4-5-9-16(15)24(3)21(26)19-11-7-13-28-19/h4-13,17H,14H2,1-3H3,(H,22,25). The lowest BCUT2D eigenvalue weighted by Crippen LogP contribution is -2.35. The van der Waals surface area contributed by atoms with E-state index in [4.69, 9.17) is 0 Å². The number of nitrogens with one attached hydrogen (secondary N) is 1. The molecule has 0 spiro atoms. The van der Waals surface area contributed by atoms with Crippen LogP contribution in [0.5, 0.6) is 0 Å². The third-order valence-corrected chi connectivity index (χ3v) is 6.33. The van der Waals surface area contributed by atoms with Crippen LogP contribution in [0.15, 0.2) is 59.3 Å². The Hall–Kier alpha value is -2.48. The van der Waals surface area contributed by atoms with Crippen LogP contribution < -0.4 is 10.2 Å². The maximum Gasteiger partial charge on any atom is 0.268 e. The number of thiophene rings is 2. The average Bonchev–Trinajstić information content (AvgIpc) is 3.41. The molecule has 0 fully saturated rings. The molecule has 2 amide bonds. The van der Waals surface area contributed by atoms with Crippen LogP contribution in [0, 0.1) is 0 Å². The number of amides is 2. The Labute approximate surface area is 173 Å². The minimum Gasteiger partial charge on any atom is -0.350 e. The van der Waals surface area contributed by atoms with E-state index in [2.05, 4.69) is 16.3 Å². The van der Waals surface area contributed by atoms with Gasteiger partial charge in [-0.2, -0.15) is 0 Å². The summed E-state index contributed by atoms with van der Waals surface area (Å²) in [5, 5.41) is 6.93. The number of hydrogen-bond acceptors (Lipinski definition) is 5. The summed E-state index contributed by atoms with van der Waals surface area (Å²) in [6.45, 7) is 0.489. The Balaban J connectivity index is 1.76. The van der Waals surface area contributed by atoms with Gasteiger partial charge in [0.25, 0.3) is 11.8 Å². The molecule has 2 aromatic heterocycles. The van der Waals surface area contributed by atoms with Gasteiger partial charge in [0.2, 0.25) is 0 Å². The van der Waals surface area contributed by atoms with E-state index >= 15 is 0 Å². The molecule has 0 bridgehead atoms. The molecule has 5 nitrogen and oxygen atoms in total. The Morgan fingerprint density at radius 2 is 1.68 bits per heavy atom. The van der Waals surface area contributed by atoms with Crippen molar-refractivity contribution in [2.75, 3.05) is 32.6 Å². The number of carbonyl (C=O) groups is 2. The average molecular weight is 414 g/mol. The van der Waals surface area contributed by atoms with Crippen LogP contribution >= 0.6 is 22.7 Å². The zero-order chi connectivity index (χ0) is 20.1. The lowest BCUT2D eigenvalue weighted by molar-refractivity contribution is 0.0943. The smallest absolute Gasteiger partial charge is 0.268 e. The quantitative estimate of drug-likeness (QED) is 0.634. The molecule has 3 rings (SSSR count). The van der Waals surface area contributed by atoms with Crippen LogP contribution in [0.1, 0.15) is 30.9 Å². The number of likely N-dealkylation sites (N-methyl/N-ethyl adjacent to an activating group) is 1. The van der Waals surface area contributed by atoms with Crippen LogP contribution in [0.25, 0.3) is 0 Å². The summed E-state index contributed by atoms with van der Waals surface area (Å²) in [7, 11) is 5.69. The molecule has 1 unspecified atom stereocenters. The normalized spacial score (nSPS) is 12.0. The SMILES string of the molecule is CN(C(=O)c1cccs1)c1ccccc1C(=O)NCC(c1cccs1)N(C)C. The summed E-state index contributed by atoms with van der Waals surface area (Å²) in [6, 6.07) is 15.0. The lowest BCUT2D eigenvalue weighted by Gasteiger charge is -2.24. The molecule has 3 aromatic rings. The van der Waals surface area contributed by atoms with Gasteiger partial charge in [0.15, 0.2) is 0 Å². The monoisotopic (exact) mass is 413 g/mol. The first-order chi connectivity index (χ1) is 13.5. The summed E-state index contributed by atoms with van der Waals surface area (Å²) in [6.07, 6.45) is 0. The minimum atomic E-state index is -0.190. The Kier molecular flexibility index (Phi) is 6.61. The molecule has 0 saturated carbocycles. The number of carbonyl (C=O) groups excluding carboxylic acids is 2. The maximum absolute atomic E-state index is 12.9. The van der Waals surface area contributed by atoms with E-state index in [-0.39, 0.29) is 17.9 Å². The van der Waals surface area contributed by atoms with E-state index in [0.717, 1.165) is 0 Å². The number of rotatable bonds is 7. The van der Waals surface area contributed by atoms with E-state index in [1.54, 1.807) is 36.6 Å². The molecule has 1 N–H and O–H groups in total. The Bertz CT molecular complexity index is 921. The van der Waals surface area contributed by atoms with E-state index < -0.39 is 0 Å². The lowest BCUT2D eigenvalue weighted by atomic mass is 10.1. The van der Waals surface area contributed by atoms with Gasteiger partial charge in [-0.1, -0.05) is 24.3 Å². The predicted octanol–water partition coefficient (Wildman–Crippen LogP) is 4.12. The van der Waals surface area contributed by atoms with Crippen molar-refractivity contribution in [3.05, 3.63) is 74.6 Å². The molecule has 146 valence electrons. The van der Waals surface area contributed by atoms with Gasteiger partial charge in [-0.25, -0.2) is 0 Å². The van der Waals surface area contributed by atoms with Crippen molar-refractivity contribution in [3.63, 3.8) is 0 Å². The Morgan fingerprint density at radius 3 is 2.32 bits per heavy atom. The number of benzene rings is 1. The minimum absolute atomic E-state index is 0.0987. The van der Waals surface area contributed by atoms with Gasteiger partial charge in [-0.05, 0) is 49.1 Å². The molecule has 7 heteroatoms. The van der Waals surface area contributed by atoms with Crippen molar-refractivity contribution in [1.29, 1.82) is 0 Å². The molecule has 0 aliphatic carbocycles. The summed E-state index contributed by atoms with van der Waals surface area (Å²) in [5.41, 5.74) is 1.08. The third-order valence-electron chi connectivity index (χ3n) is 4.50. The molecule has 0 saturated heterocycles. The van der Waals surface area contributed by atoms with Crippen molar-refractivity contribution >= 4 is 40.2 Å². The molecule has 2 heterocycles. The summed E-state index contributed by atoms with van der Waals surface area (Å²) >= 11 is 3.06. The van der Waals surface area contributed by atoms with Crippen molar-refractivity contribution in [2.45, 2.75) is 6.04 Å². The molecule has 0 aliphatic rings. The van der Waals surface area contributed by atoms with Gasteiger partial charge in [0.1, 0.15) is 0 Å². The zero-order valence-electron chi connectivity index (χ0n) is 16.1. The van der Waals surface area contributed by atoms with Crippen molar-refractivity contribution in [3.8, 4) is 0 Å². The van der Waals surface area contributed by atoms with Gasteiger partial charge >= 0.3 is 0 Å². The highest BCUT2D eigenvalue weighted by atomic mass is 32.1. The van der Waals surface area contributed by atoms with Gasteiger partial charge in [0, 0.05) is 18.5 Å². The van der Waals surface area contributed by atoms with Crippen LogP contribution in [0.4, 0.5) is 5.69 Å². The van der Waals surface area contributed by atoms with Crippen molar-refractivity contribution in [2.24, 2.45) is 0 Å². The summed E-state index contributed by atoms with van der Waals surface area (Å²) < 4.78 is 0. The van der Waals surface area contributed by atoms with E-state index in [0.29, 0.717) is 22.7 Å². The fraction of sp³-hybridized carbons (Fsp3) is 0.238. The molecule has 0 aliphatic heterocycles. The third kappa shape index (κ3) is 4.49. The van der Waals surface area contributed by atoms with Crippen LogP contribution in [0.3, 0.4) is 0 Å². The number of anilines is 1. The molecule has 1 aromatic carbocycles.